The van der Waals surface area contributed by atoms with Gasteiger partial charge in [0.05, 0.1) is 122 Å². The largest absolute Gasteiger partial charge is 0.459 e. The summed E-state index contributed by atoms with van der Waals surface area (Å²) in [5.41, 5.74) is 26.7. The third-order valence-electron chi connectivity index (χ3n) is 25.8. The van der Waals surface area contributed by atoms with Gasteiger partial charge in [-0.15, -0.1) is 0 Å². The van der Waals surface area contributed by atoms with Gasteiger partial charge in [-0.3, -0.25) is 29.0 Å². The quantitative estimate of drug-likeness (QED) is 0.00890. The zero-order valence-corrected chi connectivity index (χ0v) is 75.9. The molecule has 0 unspecified atom stereocenters. The van der Waals surface area contributed by atoms with Crippen molar-refractivity contribution in [2.45, 2.75) is 211 Å². The Morgan fingerprint density at radius 3 is 2.09 bits per heavy atom. The number of carbonyl (C=O) groups is 6. The lowest BCUT2D eigenvalue weighted by molar-refractivity contribution is -0.265. The number of piperazine rings is 1. The van der Waals surface area contributed by atoms with E-state index in [1.54, 1.807) is 46.9 Å². The number of methoxy groups -OCH3 is 2. The summed E-state index contributed by atoms with van der Waals surface area (Å²) in [4.78, 5) is 100. The second-order valence-electron chi connectivity index (χ2n) is 35.2. The molecule has 1 saturated carbocycles. The molecule has 11 rings (SSSR count). The highest BCUT2D eigenvalue weighted by Crippen LogP contribution is 2.40. The van der Waals surface area contributed by atoms with Crippen molar-refractivity contribution in [3.8, 4) is 11.3 Å². The number of allylic oxidation sites excluding steroid dienone is 5. The minimum absolute atomic E-state index is 0.0200. The van der Waals surface area contributed by atoms with Crippen LogP contribution in [0.1, 0.15) is 142 Å². The van der Waals surface area contributed by atoms with Crippen LogP contribution in [0.3, 0.4) is 0 Å². The lowest BCUT2D eigenvalue weighted by atomic mass is 9.80. The highest BCUT2D eigenvalue weighted by Gasteiger charge is 2.53. The first-order valence-electron chi connectivity index (χ1n) is 45.7. The number of nitrogens with two attached hydrogens (primary N) is 3. The second kappa shape index (κ2) is 49.6. The summed E-state index contributed by atoms with van der Waals surface area (Å²) in [6, 6.07) is 11.7. The minimum Gasteiger partial charge on any atom is -0.459 e. The molecule has 34 heteroatoms. The number of ether oxygens (including phenoxy) is 11. The molecule has 2 aromatic carbocycles. The number of carbonyl (C=O) groups excluding carboxylic acids is 6. The average molecular weight is 1790 g/mol. The summed E-state index contributed by atoms with van der Waals surface area (Å²) in [6.45, 7) is 22.7. The number of benzene rings is 2. The number of alkyl carbamates (subject to hydrolysis) is 1. The van der Waals surface area contributed by atoms with Gasteiger partial charge in [-0.2, -0.15) is 5.10 Å². The van der Waals surface area contributed by atoms with Crippen molar-refractivity contribution in [1.82, 2.24) is 44.7 Å². The summed E-state index contributed by atoms with van der Waals surface area (Å²) < 4.78 is 72.3. The summed E-state index contributed by atoms with van der Waals surface area (Å²) in [5.74, 6) is -7.71. The predicted molar refractivity (Wildman–Crippen MR) is 479 cm³/mol. The van der Waals surface area contributed by atoms with Crippen molar-refractivity contribution in [2.75, 3.05) is 164 Å². The number of esters is 1. The van der Waals surface area contributed by atoms with Crippen molar-refractivity contribution >= 4 is 69.1 Å². The Labute approximate surface area is 750 Å². The van der Waals surface area contributed by atoms with Gasteiger partial charge in [0.2, 0.25) is 11.7 Å². The number of hydrogen-bond donors (Lipinski definition) is 8. The normalized spacial score (nSPS) is 27.8. The Morgan fingerprint density at radius 2 is 1.39 bits per heavy atom. The van der Waals surface area contributed by atoms with Gasteiger partial charge >= 0.3 is 12.1 Å². The van der Waals surface area contributed by atoms with E-state index >= 15 is 0 Å². The number of aliphatic hydroxyl groups is 4. The number of Topliss-reactive ketones (excluding diaryl/α,β-unsaturated/α-hetero) is 2. The van der Waals surface area contributed by atoms with Crippen LogP contribution in [0, 0.1) is 29.6 Å². The maximum absolute atomic E-state index is 14.7. The van der Waals surface area contributed by atoms with E-state index in [4.69, 9.17) is 78.8 Å². The number of hydrogen-bond acceptors (Lipinski definition) is 30. The van der Waals surface area contributed by atoms with E-state index in [1.165, 1.54) is 19.0 Å². The van der Waals surface area contributed by atoms with Crippen LogP contribution in [0.2, 0.25) is 0 Å². The van der Waals surface area contributed by atoms with Crippen molar-refractivity contribution in [3.63, 3.8) is 0 Å². The van der Waals surface area contributed by atoms with Crippen LogP contribution in [0.4, 0.5) is 16.5 Å². The van der Waals surface area contributed by atoms with Crippen molar-refractivity contribution < 1.29 is 106 Å². The summed E-state index contributed by atoms with van der Waals surface area (Å²) in [7, 11) is 3.09. The first-order chi connectivity index (χ1) is 61.7. The number of piperidine rings is 1. The Balaban J connectivity index is 0.521. The Bertz CT molecular complexity index is 4550. The number of nitrogen functional groups attached to an aromatic ring is 2. The molecule has 706 valence electrons. The fraction of sp³-hybridized carbons (Fsp3) is 0.649. The minimum atomic E-state index is -2.50. The Kier molecular flexibility index (Phi) is 38.8. The van der Waals surface area contributed by atoms with Gasteiger partial charge in [-0.05, 0) is 142 Å². The highest BCUT2D eigenvalue weighted by atomic mass is 16.6. The molecule has 5 aromatic rings. The molecule has 0 spiro atoms. The number of anilines is 2. The third-order valence-corrected chi connectivity index (χ3v) is 25.8. The fourth-order valence-electron chi connectivity index (χ4n) is 18.0. The Hall–Kier alpha value is -8.53. The number of aromatic nitrogens is 4. The molecule has 11 N–H and O–H groups in total. The highest BCUT2D eigenvalue weighted by molar-refractivity contribution is 6.39. The molecule has 2 bridgehead atoms. The SMILES string of the molecule is CO[C@H]1C[C@@H]2CC[C@@H](C)[C@@](O)(O2)C(=O)C(=O)N2CCCC[C@H]2C(=O)O[C@H]([C@H](N)C[C@@H]2CC[C@@H](OC(=O)NCCOCCOCCN3CCN(CCOCCOCCOCCOCCC(=O)N4CCc5cc(Cn6nc(-c7ccc8oc(N)cc8c7)c7c(N)ncnc76)ccc5C4)CC3)[C@H](OC)C2)C[C@@H](O)[C@H](C)/C=C(\C)[C@@H](O)[C@@H](O)C(=O)[C@H](C)C[C@H](C)/C=C/C=CC=C1C. The molecule has 128 heavy (non-hydrogen) atoms. The number of fused-ring (bicyclic) bond motifs is 6. The van der Waals surface area contributed by atoms with Crippen LogP contribution < -0.4 is 22.5 Å². The molecule has 8 heterocycles. The number of rotatable bonds is 33. The van der Waals surface area contributed by atoms with Gasteiger partial charge in [0.15, 0.2) is 17.3 Å². The lowest BCUT2D eigenvalue weighted by Gasteiger charge is -2.42. The average Bonchev–Trinajstić information content (AvgIpc) is 1.62. The maximum atomic E-state index is 14.7. The van der Waals surface area contributed by atoms with E-state index in [9.17, 15) is 49.2 Å². The van der Waals surface area contributed by atoms with Gasteiger partial charge in [0.1, 0.15) is 53.9 Å². The summed E-state index contributed by atoms with van der Waals surface area (Å²) in [5, 5.41) is 55.9. The van der Waals surface area contributed by atoms with Crippen LogP contribution in [0.5, 0.6) is 0 Å². The van der Waals surface area contributed by atoms with Gasteiger partial charge < -0.3 is 109 Å². The van der Waals surface area contributed by atoms with E-state index in [-0.39, 0.29) is 75.1 Å². The molecule has 1 aliphatic carbocycles. The van der Waals surface area contributed by atoms with Crippen LogP contribution in [-0.2, 0) is 95.6 Å². The van der Waals surface area contributed by atoms with Crippen LogP contribution >= 0.6 is 0 Å². The number of ketones is 2. The van der Waals surface area contributed by atoms with E-state index in [0.717, 1.165) is 78.2 Å². The molecule has 16 atom stereocenters. The van der Waals surface area contributed by atoms with Crippen LogP contribution in [0.15, 0.2) is 101 Å². The monoisotopic (exact) mass is 1790 g/mol. The van der Waals surface area contributed by atoms with Gasteiger partial charge in [0.25, 0.3) is 11.7 Å². The lowest BCUT2D eigenvalue weighted by Crippen LogP contribution is -2.61. The number of amides is 3. The molecule has 3 aromatic heterocycles. The van der Waals surface area contributed by atoms with Gasteiger partial charge in [-0.25, -0.2) is 24.2 Å². The predicted octanol–water partition coefficient (Wildman–Crippen LogP) is 7.20. The third kappa shape index (κ3) is 28.3. The van der Waals surface area contributed by atoms with Crippen molar-refractivity contribution in [1.29, 1.82) is 0 Å². The zero-order chi connectivity index (χ0) is 91.4. The second-order valence-corrected chi connectivity index (χ2v) is 35.2. The molecule has 5 aliphatic heterocycles. The van der Waals surface area contributed by atoms with Gasteiger partial charge in [0, 0.05) is 133 Å². The van der Waals surface area contributed by atoms with E-state index < -0.39 is 114 Å². The topological polar surface area (TPSA) is 445 Å². The number of aliphatic hydroxyl groups excluding tert-OH is 3. The molecular formula is C94H138N12O22. The number of nitrogens with zero attached hydrogens (tertiary/aromatic N) is 8. The van der Waals surface area contributed by atoms with Crippen LogP contribution in [-0.4, -0.2) is 314 Å². The molecule has 0 radical (unpaired) electrons. The fourth-order valence-corrected chi connectivity index (χ4v) is 18.0. The van der Waals surface area contributed by atoms with Crippen LogP contribution in [0.25, 0.3) is 33.3 Å². The van der Waals surface area contributed by atoms with Crippen molar-refractivity contribution in [2.24, 2.45) is 35.3 Å². The molecule has 6 aliphatic rings. The number of furan rings is 1. The molecule has 3 amide bonds. The molecule has 3 saturated heterocycles. The Morgan fingerprint density at radius 1 is 0.695 bits per heavy atom. The number of nitrogens with one attached hydrogen (secondary N) is 1. The van der Waals surface area contributed by atoms with E-state index in [0.29, 0.717) is 178 Å². The first-order valence-corrected chi connectivity index (χ1v) is 45.7. The molecule has 4 fully saturated rings. The van der Waals surface area contributed by atoms with E-state index in [2.05, 4.69) is 43.3 Å². The van der Waals surface area contributed by atoms with Crippen molar-refractivity contribution in [3.05, 3.63) is 113 Å². The first kappa shape index (κ1) is 100. The number of cyclic esters (lactones) is 1. The summed E-state index contributed by atoms with van der Waals surface area (Å²) in [6.07, 6.45) is 8.93. The molecular weight excluding hydrogens is 1650 g/mol. The van der Waals surface area contributed by atoms with Gasteiger partial charge in [-0.1, -0.05) is 82.4 Å². The summed E-state index contributed by atoms with van der Waals surface area (Å²) >= 11 is 0. The zero-order valence-electron chi connectivity index (χ0n) is 75.9. The molecule has 34 nitrogen and oxygen atoms in total. The smallest absolute Gasteiger partial charge is 0.407 e. The van der Waals surface area contributed by atoms with E-state index in [1.807, 2.05) is 72.0 Å². The maximum Gasteiger partial charge on any atom is 0.407 e. The standard InChI is InChI=1S/C94H138N12O22/c1-60-14-10-9-11-15-61(2)78(117-7)55-72-22-17-65(6)94(116,128-72)88(112)91(113)105-28-13-12-16-74(105)92(114)126-79(56-75(107)62(3)49-64(5)86(110)87(111)85(109)63(4)48-60)73(95)51-66-19-23-77(80(52-66)118-8)127-93(115)98-27-37-120-41-42-121-38-34-102-30-32-103(33-31-102)35-39-122-43-45-124-47-46-123-44-40-119-36-26-82(108)104-29-25-68-50-67(18-20-70(68)58-104)57-106-90-83(89(97)99-59-100-90)84(101-106)69-21-24-76-71(53-69)54-81(96)125-76/h9-11,14-15,18,20-21,24,49-50,53-54,59-60,62-63,65-66,72-75,77-80,86-87,107,110-111,116H,12-13,16-17,19,22-23,25-48,51-52,55-58,95-96H2,1-8H3,(H,98,115)(H2,97,99,100)/b11-9?,14-10+,61-15?,64-49+/t60-,62-,63-,65-,66+,72+,73-,74+,75-,77-,78+,79+,80-,86-,87+,94-/m1/s1.